The van der Waals surface area contributed by atoms with Gasteiger partial charge in [-0.1, -0.05) is 13.0 Å². The van der Waals surface area contributed by atoms with Gasteiger partial charge >= 0.3 is 0 Å². The van der Waals surface area contributed by atoms with Gasteiger partial charge in [0, 0.05) is 38.6 Å². The molecule has 10 nitrogen and oxygen atoms in total. The van der Waals surface area contributed by atoms with Crippen LogP contribution in [0, 0.1) is 0 Å². The van der Waals surface area contributed by atoms with Crippen LogP contribution in [0.2, 0.25) is 0 Å². The van der Waals surface area contributed by atoms with E-state index in [9.17, 15) is 9.90 Å². The molecule has 0 aliphatic carbocycles. The van der Waals surface area contributed by atoms with Gasteiger partial charge in [-0.15, -0.1) is 0 Å². The minimum Gasteiger partial charge on any atom is -0.506 e. The zero-order valence-corrected chi connectivity index (χ0v) is 20.6. The summed E-state index contributed by atoms with van der Waals surface area (Å²) >= 11 is 0. The second-order valence-corrected chi connectivity index (χ2v) is 8.71. The van der Waals surface area contributed by atoms with Gasteiger partial charge in [0.25, 0.3) is 5.91 Å². The number of nitrogens with one attached hydrogen (secondary N) is 1. The normalized spacial score (nSPS) is 11.4. The van der Waals surface area contributed by atoms with E-state index in [0.29, 0.717) is 46.5 Å². The van der Waals surface area contributed by atoms with Crippen LogP contribution >= 0.6 is 0 Å². The predicted octanol–water partition coefficient (Wildman–Crippen LogP) is 3.59. The van der Waals surface area contributed by atoms with E-state index in [1.807, 2.05) is 42.8 Å². The first-order chi connectivity index (χ1) is 17.4. The second kappa shape index (κ2) is 9.38. The van der Waals surface area contributed by atoms with Crippen molar-refractivity contribution in [3.63, 3.8) is 0 Å². The maximum Gasteiger partial charge on any atom is 0.273 e. The molecule has 0 saturated heterocycles. The van der Waals surface area contributed by atoms with Crippen LogP contribution in [0.3, 0.4) is 0 Å². The number of aromatic hydroxyl groups is 1. The van der Waals surface area contributed by atoms with Gasteiger partial charge in [-0.05, 0) is 29.8 Å². The number of rotatable bonds is 7. The Hall–Kier alpha value is -4.31. The number of aromatic nitrogens is 6. The van der Waals surface area contributed by atoms with Crippen LogP contribution in [0.5, 0.6) is 5.75 Å². The number of phenols is 1. The van der Waals surface area contributed by atoms with Crippen molar-refractivity contribution in [1.82, 2.24) is 34.4 Å². The lowest BCUT2D eigenvalue weighted by Gasteiger charge is -2.19. The lowest BCUT2D eigenvalue weighted by molar-refractivity contribution is 0.0778. The van der Waals surface area contributed by atoms with Crippen molar-refractivity contribution in [2.45, 2.75) is 26.5 Å². The summed E-state index contributed by atoms with van der Waals surface area (Å²) in [7, 11) is 5.32. The third-order valence-corrected chi connectivity index (χ3v) is 6.28. The van der Waals surface area contributed by atoms with E-state index < -0.39 is 0 Å². The van der Waals surface area contributed by atoms with E-state index in [4.69, 9.17) is 14.7 Å². The SMILES string of the molecule is CCc1ncc(CN(C)C(=O)c2nc(-c3cc(O)c4nc[nH]c4c3)nc3ccc(COC)cc23)n1C. The Morgan fingerprint density at radius 1 is 1.19 bits per heavy atom. The first-order valence-electron chi connectivity index (χ1n) is 11.6. The first-order valence-corrected chi connectivity index (χ1v) is 11.6. The maximum atomic E-state index is 13.8. The number of benzene rings is 2. The number of hydrogen-bond donors (Lipinski definition) is 2. The first kappa shape index (κ1) is 23.4. The Balaban J connectivity index is 1.61. The van der Waals surface area contributed by atoms with Crippen molar-refractivity contribution in [2.24, 2.45) is 7.05 Å². The number of methoxy groups -OCH3 is 1. The summed E-state index contributed by atoms with van der Waals surface area (Å²) in [5.74, 6) is 1.05. The van der Waals surface area contributed by atoms with E-state index >= 15 is 0 Å². The van der Waals surface area contributed by atoms with Crippen molar-refractivity contribution < 1.29 is 14.6 Å². The monoisotopic (exact) mass is 485 g/mol. The maximum absolute atomic E-state index is 13.8. The zero-order chi connectivity index (χ0) is 25.4. The van der Waals surface area contributed by atoms with Crippen LogP contribution in [-0.4, -0.2) is 59.6 Å². The fraction of sp³-hybridized carbons (Fsp3) is 0.269. The standard InChI is InChI=1S/C26H27N7O3/c1-5-22-27-11-17(33(22)3)12-32(2)26(35)23-18-8-15(13-36-4)6-7-19(18)30-25(31-23)16-9-20-24(21(34)10-16)29-14-28-20/h6-11,14,34H,5,12-13H2,1-4H3,(H,28,29). The van der Waals surface area contributed by atoms with Crippen molar-refractivity contribution >= 4 is 27.8 Å². The largest absolute Gasteiger partial charge is 0.506 e. The molecule has 0 spiro atoms. The van der Waals surface area contributed by atoms with Crippen LogP contribution in [0.15, 0.2) is 42.9 Å². The van der Waals surface area contributed by atoms with Gasteiger partial charge in [-0.25, -0.2) is 19.9 Å². The second-order valence-electron chi connectivity index (χ2n) is 8.71. The van der Waals surface area contributed by atoms with E-state index in [1.165, 1.54) is 6.33 Å². The number of phenolic OH excluding ortho intramolecular Hbond substituents is 1. The predicted molar refractivity (Wildman–Crippen MR) is 135 cm³/mol. The van der Waals surface area contributed by atoms with Crippen molar-refractivity contribution in [3.05, 3.63) is 65.6 Å². The van der Waals surface area contributed by atoms with Gasteiger partial charge < -0.3 is 24.3 Å². The van der Waals surface area contributed by atoms with Crippen LogP contribution < -0.4 is 0 Å². The van der Waals surface area contributed by atoms with Crippen LogP contribution in [0.25, 0.3) is 33.3 Å². The molecule has 2 aromatic carbocycles. The van der Waals surface area contributed by atoms with Crippen LogP contribution in [-0.2, 0) is 31.4 Å². The molecule has 0 unspecified atom stereocenters. The van der Waals surface area contributed by atoms with Gasteiger partial charge in [0.1, 0.15) is 22.8 Å². The number of nitrogens with zero attached hydrogens (tertiary/aromatic N) is 6. The van der Waals surface area contributed by atoms with Gasteiger partial charge in [0.2, 0.25) is 0 Å². The van der Waals surface area contributed by atoms with Gasteiger partial charge in [-0.3, -0.25) is 4.79 Å². The van der Waals surface area contributed by atoms with E-state index in [1.54, 1.807) is 31.3 Å². The number of fused-ring (bicyclic) bond motifs is 2. The summed E-state index contributed by atoms with van der Waals surface area (Å²) in [6.07, 6.45) is 4.12. The highest BCUT2D eigenvalue weighted by atomic mass is 16.5. The molecule has 0 atom stereocenters. The van der Waals surface area contributed by atoms with E-state index in [0.717, 1.165) is 23.5 Å². The summed E-state index contributed by atoms with van der Waals surface area (Å²) in [6.45, 7) is 2.83. The molecule has 0 aliphatic rings. The molecular weight excluding hydrogens is 458 g/mol. The number of H-pyrrole nitrogens is 1. The lowest BCUT2D eigenvalue weighted by atomic mass is 10.1. The molecule has 0 bridgehead atoms. The number of carbonyl (C=O) groups excluding carboxylic acids is 1. The Morgan fingerprint density at radius 2 is 2.03 bits per heavy atom. The summed E-state index contributed by atoms with van der Waals surface area (Å²) in [5.41, 5.74) is 4.42. The highest BCUT2D eigenvalue weighted by molar-refractivity contribution is 6.05. The lowest BCUT2D eigenvalue weighted by Crippen LogP contribution is -2.28. The highest BCUT2D eigenvalue weighted by Crippen LogP contribution is 2.30. The number of aromatic amines is 1. The molecular formula is C26H27N7O3. The molecule has 3 heterocycles. The molecule has 0 aliphatic heterocycles. The average molecular weight is 486 g/mol. The van der Waals surface area contributed by atoms with Crippen molar-refractivity contribution in [1.29, 1.82) is 0 Å². The Bertz CT molecular complexity index is 1590. The Morgan fingerprint density at radius 3 is 2.78 bits per heavy atom. The van der Waals surface area contributed by atoms with E-state index in [2.05, 4.69) is 15.0 Å². The summed E-state index contributed by atoms with van der Waals surface area (Å²) in [5, 5.41) is 11.1. The summed E-state index contributed by atoms with van der Waals surface area (Å²) < 4.78 is 7.29. The number of hydrogen-bond acceptors (Lipinski definition) is 7. The van der Waals surface area contributed by atoms with Gasteiger partial charge in [0.05, 0.1) is 42.4 Å². The number of amides is 1. The Labute approximate surface area is 207 Å². The molecule has 184 valence electrons. The summed E-state index contributed by atoms with van der Waals surface area (Å²) in [4.78, 5) is 36.4. The molecule has 2 N–H and O–H groups in total. The molecule has 5 rings (SSSR count). The summed E-state index contributed by atoms with van der Waals surface area (Å²) in [6, 6.07) is 9.03. The fourth-order valence-electron chi connectivity index (χ4n) is 4.34. The quantitative estimate of drug-likeness (QED) is 0.361. The van der Waals surface area contributed by atoms with Crippen molar-refractivity contribution in [2.75, 3.05) is 14.2 Å². The number of ether oxygens (including phenoxy) is 1. The number of carbonyl (C=O) groups is 1. The fourth-order valence-corrected chi connectivity index (χ4v) is 4.34. The molecule has 0 fully saturated rings. The molecule has 36 heavy (non-hydrogen) atoms. The molecule has 3 aromatic heterocycles. The van der Waals surface area contributed by atoms with Crippen LogP contribution in [0.1, 0.15) is 34.5 Å². The third-order valence-electron chi connectivity index (χ3n) is 6.28. The average Bonchev–Trinajstić information content (AvgIpc) is 3.50. The minimum atomic E-state index is -0.246. The topological polar surface area (TPSA) is 122 Å². The molecule has 10 heteroatoms. The Kier molecular flexibility index (Phi) is 6.11. The molecule has 5 aromatic rings. The smallest absolute Gasteiger partial charge is 0.273 e. The van der Waals surface area contributed by atoms with Crippen molar-refractivity contribution in [3.8, 4) is 17.1 Å². The van der Waals surface area contributed by atoms with Gasteiger partial charge in [0.15, 0.2) is 5.82 Å². The minimum absolute atomic E-state index is 0.0100. The van der Waals surface area contributed by atoms with Gasteiger partial charge in [-0.2, -0.15) is 0 Å². The van der Waals surface area contributed by atoms with Crippen LogP contribution in [0.4, 0.5) is 0 Å². The number of aryl methyl sites for hydroxylation is 1. The third kappa shape index (κ3) is 4.16. The molecule has 0 saturated carbocycles. The number of imidazole rings is 2. The zero-order valence-electron chi connectivity index (χ0n) is 20.6. The highest BCUT2D eigenvalue weighted by Gasteiger charge is 2.22. The molecule has 1 amide bonds. The van der Waals surface area contributed by atoms with E-state index in [-0.39, 0.29) is 17.4 Å². The molecule has 0 radical (unpaired) electrons.